The predicted molar refractivity (Wildman–Crippen MR) is 81.3 cm³/mol. The van der Waals surface area contributed by atoms with E-state index in [1.807, 2.05) is 23.6 Å². The van der Waals surface area contributed by atoms with E-state index in [0.29, 0.717) is 12.1 Å². The SMILES string of the molecule is N#Cc1ccc(S(=O)(=O)N2CCC[C@H]2c2cccs2)cc1. The highest BCUT2D eigenvalue weighted by molar-refractivity contribution is 7.89. The lowest BCUT2D eigenvalue weighted by Crippen LogP contribution is -2.30. The third-order valence-corrected chi connectivity index (χ3v) is 6.56. The molecule has 2 heterocycles. The molecule has 1 saturated heterocycles. The Labute approximate surface area is 128 Å². The first-order valence-electron chi connectivity index (χ1n) is 6.68. The minimum absolute atomic E-state index is 0.0642. The molecule has 0 N–H and O–H groups in total. The van der Waals surface area contributed by atoms with E-state index < -0.39 is 10.0 Å². The number of sulfonamides is 1. The Morgan fingerprint density at radius 3 is 2.62 bits per heavy atom. The predicted octanol–water partition coefficient (Wildman–Crippen LogP) is 3.15. The number of thiophene rings is 1. The number of nitriles is 1. The topological polar surface area (TPSA) is 61.2 Å². The van der Waals surface area contributed by atoms with Gasteiger partial charge in [-0.05, 0) is 48.6 Å². The van der Waals surface area contributed by atoms with Gasteiger partial charge in [0.25, 0.3) is 0 Å². The molecule has 1 atom stereocenters. The lowest BCUT2D eigenvalue weighted by molar-refractivity contribution is 0.401. The smallest absolute Gasteiger partial charge is 0.207 e. The molecule has 6 heteroatoms. The quantitative estimate of drug-likeness (QED) is 0.873. The molecular formula is C15H14N2O2S2. The summed E-state index contributed by atoms with van der Waals surface area (Å²) in [5.74, 6) is 0. The molecule has 2 aromatic rings. The van der Waals surface area contributed by atoms with Gasteiger partial charge >= 0.3 is 0 Å². The highest BCUT2D eigenvalue weighted by Gasteiger charge is 2.36. The van der Waals surface area contributed by atoms with E-state index in [-0.39, 0.29) is 10.9 Å². The van der Waals surface area contributed by atoms with Gasteiger partial charge in [-0.15, -0.1) is 11.3 Å². The fraction of sp³-hybridized carbons (Fsp3) is 0.267. The van der Waals surface area contributed by atoms with E-state index in [1.54, 1.807) is 27.8 Å². The van der Waals surface area contributed by atoms with Crippen molar-refractivity contribution < 1.29 is 8.42 Å². The van der Waals surface area contributed by atoms with Gasteiger partial charge in [-0.1, -0.05) is 6.07 Å². The van der Waals surface area contributed by atoms with E-state index in [1.165, 1.54) is 12.1 Å². The molecule has 1 aromatic heterocycles. The van der Waals surface area contributed by atoms with Gasteiger partial charge in [0.15, 0.2) is 0 Å². The van der Waals surface area contributed by atoms with Crippen LogP contribution in [0.1, 0.15) is 29.3 Å². The zero-order chi connectivity index (χ0) is 14.9. The van der Waals surface area contributed by atoms with Crippen LogP contribution in [0.5, 0.6) is 0 Å². The highest BCUT2D eigenvalue weighted by atomic mass is 32.2. The number of rotatable bonds is 3. The molecule has 1 aliphatic rings. The molecule has 0 bridgehead atoms. The largest absolute Gasteiger partial charge is 0.243 e. The van der Waals surface area contributed by atoms with E-state index in [0.717, 1.165) is 17.7 Å². The monoisotopic (exact) mass is 318 g/mol. The Kier molecular flexibility index (Phi) is 3.81. The number of hydrogen-bond acceptors (Lipinski definition) is 4. The Bertz CT molecular complexity index is 759. The van der Waals surface area contributed by atoms with E-state index >= 15 is 0 Å². The van der Waals surface area contributed by atoms with Gasteiger partial charge in [-0.25, -0.2) is 8.42 Å². The molecule has 21 heavy (non-hydrogen) atoms. The maximum atomic E-state index is 12.8. The molecule has 0 amide bonds. The van der Waals surface area contributed by atoms with E-state index in [2.05, 4.69) is 0 Å². The summed E-state index contributed by atoms with van der Waals surface area (Å²) in [5.41, 5.74) is 0.463. The van der Waals surface area contributed by atoms with Crippen LogP contribution in [0.4, 0.5) is 0 Å². The average molecular weight is 318 g/mol. The second-order valence-corrected chi connectivity index (χ2v) is 7.80. The van der Waals surface area contributed by atoms with E-state index in [4.69, 9.17) is 5.26 Å². The minimum atomic E-state index is -3.51. The van der Waals surface area contributed by atoms with Crippen LogP contribution >= 0.6 is 11.3 Å². The lowest BCUT2D eigenvalue weighted by atomic mass is 10.2. The summed E-state index contributed by atoms with van der Waals surface area (Å²) >= 11 is 1.59. The van der Waals surface area contributed by atoms with Gasteiger partial charge in [-0.3, -0.25) is 0 Å². The first kappa shape index (κ1) is 14.3. The van der Waals surface area contributed by atoms with Crippen molar-refractivity contribution in [3.63, 3.8) is 0 Å². The van der Waals surface area contributed by atoms with Crippen LogP contribution in [-0.2, 0) is 10.0 Å². The second-order valence-electron chi connectivity index (χ2n) is 4.93. The Balaban J connectivity index is 1.95. The molecule has 0 saturated carbocycles. The Morgan fingerprint density at radius 2 is 2.00 bits per heavy atom. The van der Waals surface area contributed by atoms with Gasteiger partial charge in [0.05, 0.1) is 22.6 Å². The fourth-order valence-corrected chi connectivity index (χ4v) is 5.24. The lowest BCUT2D eigenvalue weighted by Gasteiger charge is -2.23. The zero-order valence-corrected chi connectivity index (χ0v) is 12.9. The second kappa shape index (κ2) is 5.60. The molecular weight excluding hydrogens is 304 g/mol. The van der Waals surface area contributed by atoms with Crippen molar-refractivity contribution in [1.29, 1.82) is 5.26 Å². The first-order valence-corrected chi connectivity index (χ1v) is 9.00. The molecule has 108 valence electrons. The van der Waals surface area contributed by atoms with Crippen LogP contribution < -0.4 is 0 Å². The van der Waals surface area contributed by atoms with Crippen molar-refractivity contribution in [2.24, 2.45) is 0 Å². The third kappa shape index (κ3) is 2.60. The van der Waals surface area contributed by atoms with Gasteiger partial charge in [0.2, 0.25) is 10.0 Å². The van der Waals surface area contributed by atoms with Gasteiger partial charge < -0.3 is 0 Å². The van der Waals surface area contributed by atoms with Crippen molar-refractivity contribution in [2.75, 3.05) is 6.54 Å². The molecule has 0 aliphatic carbocycles. The zero-order valence-electron chi connectivity index (χ0n) is 11.3. The van der Waals surface area contributed by atoms with E-state index in [9.17, 15) is 8.42 Å². The average Bonchev–Trinajstić information content (AvgIpc) is 3.17. The molecule has 3 rings (SSSR count). The molecule has 0 unspecified atom stereocenters. The summed E-state index contributed by atoms with van der Waals surface area (Å²) in [4.78, 5) is 1.34. The normalized spacial score (nSPS) is 19.5. The molecule has 0 spiro atoms. The van der Waals surface area contributed by atoms with Crippen molar-refractivity contribution in [1.82, 2.24) is 4.31 Å². The first-order chi connectivity index (χ1) is 10.1. The third-order valence-electron chi connectivity index (χ3n) is 3.67. The van der Waals surface area contributed by atoms with Crippen LogP contribution in [0.25, 0.3) is 0 Å². The minimum Gasteiger partial charge on any atom is -0.207 e. The Hall–Kier alpha value is -1.68. The number of hydrogen-bond donors (Lipinski definition) is 0. The van der Waals surface area contributed by atoms with Crippen LogP contribution in [0.2, 0.25) is 0 Å². The summed E-state index contributed by atoms with van der Waals surface area (Å²) in [6, 6.07) is 12.0. The van der Waals surface area contributed by atoms with Gasteiger partial charge in [-0.2, -0.15) is 9.57 Å². The number of nitrogens with zero attached hydrogens (tertiary/aromatic N) is 2. The van der Waals surface area contributed by atoms with Crippen molar-refractivity contribution in [3.8, 4) is 6.07 Å². The Morgan fingerprint density at radius 1 is 1.24 bits per heavy atom. The molecule has 4 nitrogen and oxygen atoms in total. The highest BCUT2D eigenvalue weighted by Crippen LogP contribution is 2.38. The summed E-state index contributed by atoms with van der Waals surface area (Å²) in [7, 11) is -3.51. The summed E-state index contributed by atoms with van der Waals surface area (Å²) in [6.07, 6.45) is 1.73. The van der Waals surface area contributed by atoms with Gasteiger partial charge in [0, 0.05) is 11.4 Å². The maximum absolute atomic E-state index is 12.8. The summed E-state index contributed by atoms with van der Waals surface area (Å²) in [6.45, 7) is 0.547. The van der Waals surface area contributed by atoms with Crippen LogP contribution in [-0.4, -0.2) is 19.3 Å². The van der Waals surface area contributed by atoms with Crippen LogP contribution in [0.15, 0.2) is 46.7 Å². The van der Waals surface area contributed by atoms with Crippen molar-refractivity contribution >= 4 is 21.4 Å². The summed E-state index contributed by atoms with van der Waals surface area (Å²) in [5, 5.41) is 10.8. The standard InChI is InChI=1S/C15H14N2O2S2/c16-11-12-5-7-13(8-6-12)21(18,19)17-9-1-3-14(17)15-4-2-10-20-15/h2,4-8,10,14H,1,3,9H2/t14-/m0/s1. The molecule has 1 aliphatic heterocycles. The van der Waals surface area contributed by atoms with Crippen molar-refractivity contribution in [2.45, 2.75) is 23.8 Å². The molecule has 0 radical (unpaired) electrons. The molecule has 1 fully saturated rings. The maximum Gasteiger partial charge on any atom is 0.243 e. The van der Waals surface area contributed by atoms with Gasteiger partial charge in [0.1, 0.15) is 0 Å². The number of benzene rings is 1. The van der Waals surface area contributed by atoms with Crippen molar-refractivity contribution in [3.05, 3.63) is 52.2 Å². The summed E-state index contributed by atoms with van der Waals surface area (Å²) < 4.78 is 27.2. The van der Waals surface area contributed by atoms with Crippen LogP contribution in [0, 0.1) is 11.3 Å². The van der Waals surface area contributed by atoms with Crippen LogP contribution in [0.3, 0.4) is 0 Å². The fourth-order valence-electron chi connectivity index (χ4n) is 2.63. The molecule has 1 aromatic carbocycles.